The number of hydrogen-bond donors (Lipinski definition) is 0. The smallest absolute Gasteiger partial charge is 1.00 e. The molecule has 0 aliphatic carbocycles. The van der Waals surface area contributed by atoms with Crippen molar-refractivity contribution in [1.29, 1.82) is 0 Å². The van der Waals surface area contributed by atoms with Crippen LogP contribution < -0.4 is 24.8 Å². The first-order valence-corrected chi connectivity index (χ1v) is 3.49. The van der Waals surface area contributed by atoms with Crippen molar-refractivity contribution in [2.75, 3.05) is 0 Å². The van der Waals surface area contributed by atoms with E-state index < -0.39 is 0 Å². The Morgan fingerprint density at radius 1 is 1.08 bits per heavy atom. The van der Waals surface area contributed by atoms with Crippen molar-refractivity contribution in [3.05, 3.63) is 42.0 Å². The zero-order chi connectivity index (χ0) is 6.97. The SMILES string of the molecule is Cc1c[cH-]c2ccccc12.[Cl-].[Cl-].[Zr+3]. The van der Waals surface area contributed by atoms with Crippen molar-refractivity contribution in [3.63, 3.8) is 0 Å². The molecule has 0 spiro atoms. The molecule has 2 rings (SSSR count). The molecule has 0 nitrogen and oxygen atoms in total. The standard InChI is InChI=1S/C10H9.2ClH.Zr/c1-8-6-7-9-4-2-3-5-10(8)9;;;/h2-7H,1H3;2*1H;/q-1;;;+3/p-2. The van der Waals surface area contributed by atoms with Crippen LogP contribution in [0.4, 0.5) is 0 Å². The summed E-state index contributed by atoms with van der Waals surface area (Å²) in [5.74, 6) is 0. The molecule has 0 N–H and O–H groups in total. The molecule has 0 unspecified atom stereocenters. The Bertz CT molecular complexity index is 354. The Kier molecular flexibility index (Phi) is 8.12. The average molecular weight is 291 g/mol. The predicted molar refractivity (Wildman–Crippen MR) is 44.3 cm³/mol. The van der Waals surface area contributed by atoms with E-state index in [1.54, 1.807) is 0 Å². The van der Waals surface area contributed by atoms with Crippen molar-refractivity contribution >= 4 is 10.8 Å². The second-order valence-corrected chi connectivity index (χ2v) is 2.60. The molecule has 0 atom stereocenters. The normalized spacial score (nSPS) is 8.08. The molecule has 0 amide bonds. The van der Waals surface area contributed by atoms with Gasteiger partial charge < -0.3 is 24.8 Å². The van der Waals surface area contributed by atoms with E-state index in [2.05, 4.69) is 43.3 Å². The molecule has 0 aliphatic heterocycles. The van der Waals surface area contributed by atoms with Gasteiger partial charge >= 0.3 is 26.2 Å². The van der Waals surface area contributed by atoms with Crippen LogP contribution in [-0.4, -0.2) is 0 Å². The van der Waals surface area contributed by atoms with Crippen LogP contribution in [0.15, 0.2) is 36.4 Å². The number of hydrogen-bond acceptors (Lipinski definition) is 0. The van der Waals surface area contributed by atoms with E-state index in [0.29, 0.717) is 0 Å². The maximum atomic E-state index is 2.16. The van der Waals surface area contributed by atoms with E-state index in [9.17, 15) is 0 Å². The van der Waals surface area contributed by atoms with Crippen LogP contribution in [0.25, 0.3) is 10.8 Å². The van der Waals surface area contributed by atoms with Gasteiger partial charge in [0.25, 0.3) is 0 Å². The third kappa shape index (κ3) is 3.16. The number of rotatable bonds is 0. The van der Waals surface area contributed by atoms with E-state index in [0.717, 1.165) is 0 Å². The van der Waals surface area contributed by atoms with E-state index >= 15 is 0 Å². The van der Waals surface area contributed by atoms with Crippen LogP contribution in [0.1, 0.15) is 5.56 Å². The molecule has 3 heteroatoms. The zero-order valence-corrected chi connectivity index (χ0v) is 11.2. The van der Waals surface area contributed by atoms with Crippen LogP contribution in [0, 0.1) is 6.92 Å². The Labute approximate surface area is 110 Å². The van der Waals surface area contributed by atoms with Gasteiger partial charge in [0.05, 0.1) is 0 Å². The predicted octanol–water partition coefficient (Wildman–Crippen LogP) is -3.13. The molecule has 0 saturated carbocycles. The molecular formula is C10H9Cl2Zr. The molecule has 0 saturated heterocycles. The number of halogens is 2. The summed E-state index contributed by atoms with van der Waals surface area (Å²) in [6.07, 6.45) is 0. The summed E-state index contributed by atoms with van der Waals surface area (Å²) in [4.78, 5) is 0. The van der Waals surface area contributed by atoms with Crippen molar-refractivity contribution in [3.8, 4) is 0 Å². The molecular weight excluding hydrogens is 282 g/mol. The van der Waals surface area contributed by atoms with E-state index in [4.69, 9.17) is 0 Å². The van der Waals surface area contributed by atoms with Crippen LogP contribution in [-0.2, 0) is 26.2 Å². The van der Waals surface area contributed by atoms with Gasteiger partial charge in [-0.15, -0.1) is 35.0 Å². The fraction of sp³-hybridized carbons (Fsp3) is 0.100. The summed E-state index contributed by atoms with van der Waals surface area (Å²) >= 11 is 0. The molecule has 0 aliphatic rings. The molecule has 67 valence electrons. The first-order chi connectivity index (χ1) is 4.88. The zero-order valence-electron chi connectivity index (χ0n) is 7.22. The van der Waals surface area contributed by atoms with Gasteiger partial charge in [-0.2, -0.15) is 11.6 Å². The van der Waals surface area contributed by atoms with Crippen LogP contribution in [0.2, 0.25) is 0 Å². The first kappa shape index (κ1) is 15.8. The summed E-state index contributed by atoms with van der Waals surface area (Å²) in [7, 11) is 0. The third-order valence-corrected chi connectivity index (χ3v) is 1.90. The number of fused-ring (bicyclic) bond motifs is 1. The van der Waals surface area contributed by atoms with Crippen LogP contribution in [0.3, 0.4) is 0 Å². The Morgan fingerprint density at radius 2 is 1.69 bits per heavy atom. The van der Waals surface area contributed by atoms with Gasteiger partial charge in [-0.3, -0.25) is 0 Å². The maximum absolute atomic E-state index is 2.16. The van der Waals surface area contributed by atoms with Gasteiger partial charge in [0.2, 0.25) is 0 Å². The minimum atomic E-state index is 0. The Balaban J connectivity index is 0. The second-order valence-electron chi connectivity index (χ2n) is 2.60. The molecule has 2 aromatic rings. The fourth-order valence-electron chi connectivity index (χ4n) is 1.31. The Hall–Kier alpha value is 0.293. The topological polar surface area (TPSA) is 0 Å². The summed E-state index contributed by atoms with van der Waals surface area (Å²) in [5, 5.41) is 2.72. The fourth-order valence-corrected chi connectivity index (χ4v) is 1.31. The molecule has 1 radical (unpaired) electrons. The van der Waals surface area contributed by atoms with Gasteiger partial charge in [0.1, 0.15) is 0 Å². The van der Waals surface area contributed by atoms with E-state index in [1.807, 2.05) is 0 Å². The van der Waals surface area contributed by atoms with E-state index in [-0.39, 0.29) is 51.0 Å². The quantitative estimate of drug-likeness (QED) is 0.451. The van der Waals surface area contributed by atoms with E-state index in [1.165, 1.54) is 16.3 Å². The average Bonchev–Trinajstić information content (AvgIpc) is 2.34. The van der Waals surface area contributed by atoms with Gasteiger partial charge in [-0.05, 0) is 0 Å². The molecule has 0 bridgehead atoms. The summed E-state index contributed by atoms with van der Waals surface area (Å²) in [5.41, 5.74) is 1.37. The largest absolute Gasteiger partial charge is 3.00 e. The summed E-state index contributed by atoms with van der Waals surface area (Å²) < 4.78 is 0. The van der Waals surface area contributed by atoms with Crippen molar-refractivity contribution in [2.24, 2.45) is 0 Å². The van der Waals surface area contributed by atoms with Gasteiger partial charge in [-0.25, -0.2) is 0 Å². The molecule has 2 aromatic carbocycles. The van der Waals surface area contributed by atoms with Gasteiger partial charge in [-0.1, -0.05) is 13.0 Å². The molecule has 13 heavy (non-hydrogen) atoms. The number of benzene rings is 1. The van der Waals surface area contributed by atoms with Crippen LogP contribution in [0.5, 0.6) is 0 Å². The first-order valence-electron chi connectivity index (χ1n) is 3.49. The van der Waals surface area contributed by atoms with Crippen molar-refractivity contribution in [2.45, 2.75) is 6.92 Å². The van der Waals surface area contributed by atoms with Crippen molar-refractivity contribution in [1.82, 2.24) is 0 Å². The molecule has 0 heterocycles. The summed E-state index contributed by atoms with van der Waals surface area (Å²) in [6.45, 7) is 2.14. The molecule has 0 fully saturated rings. The number of aryl methyl sites for hydroxylation is 1. The minimum absolute atomic E-state index is 0. The monoisotopic (exact) mass is 289 g/mol. The van der Waals surface area contributed by atoms with Crippen molar-refractivity contribution < 1.29 is 51.0 Å². The third-order valence-electron chi connectivity index (χ3n) is 1.90. The van der Waals surface area contributed by atoms with Crippen LogP contribution >= 0.6 is 0 Å². The maximum Gasteiger partial charge on any atom is 3.00 e. The van der Waals surface area contributed by atoms with Gasteiger partial charge in [0.15, 0.2) is 0 Å². The minimum Gasteiger partial charge on any atom is -1.00 e. The second kappa shape index (κ2) is 6.70. The molecule has 0 aromatic heterocycles. The summed E-state index contributed by atoms with van der Waals surface area (Å²) in [6, 6.07) is 12.8. The van der Waals surface area contributed by atoms with Gasteiger partial charge in [0, 0.05) is 0 Å². The Morgan fingerprint density at radius 3 is 2.31 bits per heavy atom.